The maximum Gasteiger partial charge on any atom is 0.244 e. The molecule has 0 saturated heterocycles. The molecule has 1 saturated carbocycles. The van der Waals surface area contributed by atoms with Crippen LogP contribution in [0.5, 0.6) is 0 Å². The van der Waals surface area contributed by atoms with Crippen molar-refractivity contribution in [1.82, 2.24) is 10.2 Å². The molecule has 0 bridgehead atoms. The van der Waals surface area contributed by atoms with Gasteiger partial charge in [0, 0.05) is 12.6 Å². The lowest BCUT2D eigenvalue weighted by atomic mass is 10.1. The first-order valence-corrected chi connectivity index (χ1v) is 13.6. The van der Waals surface area contributed by atoms with Crippen LogP contribution in [-0.4, -0.2) is 50.0 Å². The van der Waals surface area contributed by atoms with Gasteiger partial charge in [-0.25, -0.2) is 8.42 Å². The smallest absolute Gasteiger partial charge is 0.244 e. The Hall–Kier alpha value is -2.87. The fourth-order valence-corrected chi connectivity index (χ4v) is 5.29. The molecule has 34 heavy (non-hydrogen) atoms. The van der Waals surface area contributed by atoms with Gasteiger partial charge < -0.3 is 10.2 Å². The van der Waals surface area contributed by atoms with Crippen molar-refractivity contribution in [3.63, 3.8) is 0 Å². The maximum absolute atomic E-state index is 13.6. The Morgan fingerprint density at radius 2 is 1.59 bits per heavy atom. The van der Waals surface area contributed by atoms with E-state index in [1.54, 1.807) is 32.0 Å². The van der Waals surface area contributed by atoms with Crippen molar-refractivity contribution in [3.05, 3.63) is 65.2 Å². The van der Waals surface area contributed by atoms with Crippen molar-refractivity contribution in [2.45, 2.75) is 65.1 Å². The number of carbonyl (C=O) groups excluding carboxylic acids is 2. The number of hydrogen-bond acceptors (Lipinski definition) is 4. The molecule has 2 amide bonds. The minimum absolute atomic E-state index is 0.129. The Bertz CT molecular complexity index is 1130. The second-order valence-corrected chi connectivity index (χ2v) is 11.1. The fraction of sp³-hybridized carbons (Fsp3) is 0.462. The molecule has 0 spiro atoms. The highest BCUT2D eigenvalue weighted by Crippen LogP contribution is 2.23. The molecule has 1 N–H and O–H groups in total. The van der Waals surface area contributed by atoms with Gasteiger partial charge in [-0.1, -0.05) is 55.3 Å². The van der Waals surface area contributed by atoms with Crippen LogP contribution in [0, 0.1) is 13.8 Å². The van der Waals surface area contributed by atoms with Gasteiger partial charge in [0.15, 0.2) is 0 Å². The number of nitrogens with one attached hydrogen (secondary N) is 1. The van der Waals surface area contributed by atoms with Crippen LogP contribution in [0.3, 0.4) is 0 Å². The lowest BCUT2D eigenvalue weighted by molar-refractivity contribution is -0.139. The average molecular weight is 486 g/mol. The molecule has 1 fully saturated rings. The average Bonchev–Trinajstić information content (AvgIpc) is 3.29. The van der Waals surface area contributed by atoms with Crippen molar-refractivity contribution < 1.29 is 18.0 Å². The predicted octanol–water partition coefficient (Wildman–Crippen LogP) is 3.55. The zero-order chi connectivity index (χ0) is 24.9. The summed E-state index contributed by atoms with van der Waals surface area (Å²) < 4.78 is 26.5. The molecule has 1 atom stereocenters. The molecule has 1 unspecified atom stereocenters. The first-order valence-electron chi connectivity index (χ1n) is 11.8. The van der Waals surface area contributed by atoms with E-state index in [-0.39, 0.29) is 25.0 Å². The normalized spacial score (nSPS) is 15.1. The largest absolute Gasteiger partial charge is 0.352 e. The Labute approximate surface area is 203 Å². The van der Waals surface area contributed by atoms with Crippen LogP contribution in [0.2, 0.25) is 0 Å². The summed E-state index contributed by atoms with van der Waals surface area (Å²) in [5, 5.41) is 3.07. The van der Waals surface area contributed by atoms with Crippen LogP contribution < -0.4 is 9.62 Å². The van der Waals surface area contributed by atoms with Crippen molar-refractivity contribution in [2.75, 3.05) is 17.1 Å². The first-order chi connectivity index (χ1) is 16.1. The molecule has 7 nitrogen and oxygen atoms in total. The van der Waals surface area contributed by atoms with Gasteiger partial charge in [-0.2, -0.15) is 0 Å². The number of anilines is 1. The van der Waals surface area contributed by atoms with Gasteiger partial charge in [-0.05, 0) is 56.4 Å². The van der Waals surface area contributed by atoms with Crippen LogP contribution in [0.4, 0.5) is 5.69 Å². The van der Waals surface area contributed by atoms with Crippen molar-refractivity contribution in [2.24, 2.45) is 0 Å². The van der Waals surface area contributed by atoms with E-state index < -0.39 is 22.0 Å². The number of amides is 2. The number of nitrogens with zero attached hydrogens (tertiary/aromatic N) is 2. The third-order valence-corrected chi connectivity index (χ3v) is 7.66. The molecule has 2 aromatic rings. The van der Waals surface area contributed by atoms with Crippen molar-refractivity contribution >= 4 is 27.5 Å². The lowest BCUT2D eigenvalue weighted by Crippen LogP contribution is -2.52. The standard InChI is InChI=1S/C26H35N3O4S/c1-19-11-5-7-13-22(19)17-28(21(3)26(31)27-23-14-8-9-15-23)25(30)18-29(34(4,32)33)24-16-10-6-12-20(24)2/h5-7,10-13,16,21,23H,8-9,14-15,17-18H2,1-4H3,(H,27,31). The summed E-state index contributed by atoms with van der Waals surface area (Å²) in [6.45, 7) is 5.31. The van der Waals surface area contributed by atoms with E-state index in [1.165, 1.54) is 4.90 Å². The minimum Gasteiger partial charge on any atom is -0.352 e. The van der Waals surface area contributed by atoms with Gasteiger partial charge >= 0.3 is 0 Å². The predicted molar refractivity (Wildman–Crippen MR) is 135 cm³/mol. The topological polar surface area (TPSA) is 86.8 Å². The maximum atomic E-state index is 13.6. The zero-order valence-corrected chi connectivity index (χ0v) is 21.3. The molecule has 0 heterocycles. The quantitative estimate of drug-likeness (QED) is 0.589. The van der Waals surface area contributed by atoms with Gasteiger partial charge in [-0.3, -0.25) is 13.9 Å². The summed E-state index contributed by atoms with van der Waals surface area (Å²) in [5.41, 5.74) is 3.12. The SMILES string of the molecule is Cc1ccccc1CN(C(=O)CN(c1ccccc1C)S(C)(=O)=O)C(C)C(=O)NC1CCCC1. The van der Waals surface area contributed by atoms with Crippen molar-refractivity contribution in [1.29, 1.82) is 0 Å². The van der Waals surface area contributed by atoms with Gasteiger partial charge in [0.2, 0.25) is 21.8 Å². The summed E-state index contributed by atoms with van der Waals surface area (Å²) in [6, 6.07) is 14.1. The Morgan fingerprint density at radius 1 is 1.00 bits per heavy atom. The molecule has 1 aliphatic rings. The summed E-state index contributed by atoms with van der Waals surface area (Å²) in [5.74, 6) is -0.637. The highest BCUT2D eigenvalue weighted by Gasteiger charge is 2.31. The van der Waals surface area contributed by atoms with Crippen molar-refractivity contribution in [3.8, 4) is 0 Å². The highest BCUT2D eigenvalue weighted by molar-refractivity contribution is 7.92. The molecular formula is C26H35N3O4S. The number of benzene rings is 2. The van der Waals surface area contributed by atoms with Gasteiger partial charge in [-0.15, -0.1) is 0 Å². The molecule has 184 valence electrons. The molecule has 0 aliphatic heterocycles. The summed E-state index contributed by atoms with van der Waals surface area (Å²) in [4.78, 5) is 28.2. The summed E-state index contributed by atoms with van der Waals surface area (Å²) in [6.07, 6.45) is 5.16. The molecule has 8 heteroatoms. The Morgan fingerprint density at radius 3 is 2.18 bits per heavy atom. The van der Waals surface area contributed by atoms with Gasteiger partial charge in [0.1, 0.15) is 12.6 Å². The van der Waals surface area contributed by atoms with Gasteiger partial charge in [0.05, 0.1) is 11.9 Å². The third kappa shape index (κ3) is 6.38. The zero-order valence-electron chi connectivity index (χ0n) is 20.5. The van der Waals surface area contributed by atoms with Crippen LogP contribution in [0.15, 0.2) is 48.5 Å². The van der Waals surface area contributed by atoms with Gasteiger partial charge in [0.25, 0.3) is 0 Å². The van der Waals surface area contributed by atoms with Crippen LogP contribution in [0.1, 0.15) is 49.3 Å². The van der Waals surface area contributed by atoms with E-state index >= 15 is 0 Å². The number of rotatable bonds is 9. The Balaban J connectivity index is 1.90. The van der Waals surface area contributed by atoms with Crippen LogP contribution in [0.25, 0.3) is 0 Å². The van der Waals surface area contributed by atoms with E-state index in [1.807, 2.05) is 37.3 Å². The summed E-state index contributed by atoms with van der Waals surface area (Å²) >= 11 is 0. The molecule has 0 aromatic heterocycles. The van der Waals surface area contributed by atoms with E-state index in [4.69, 9.17) is 0 Å². The molecule has 2 aromatic carbocycles. The highest BCUT2D eigenvalue weighted by atomic mass is 32.2. The fourth-order valence-electron chi connectivity index (χ4n) is 4.38. The number of aryl methyl sites for hydroxylation is 2. The monoisotopic (exact) mass is 485 g/mol. The summed E-state index contributed by atoms with van der Waals surface area (Å²) in [7, 11) is -3.73. The number of para-hydroxylation sites is 1. The van der Waals surface area contributed by atoms with E-state index in [9.17, 15) is 18.0 Å². The second-order valence-electron chi connectivity index (χ2n) is 9.17. The van der Waals surface area contributed by atoms with Crippen LogP contribution in [-0.2, 0) is 26.2 Å². The van der Waals surface area contributed by atoms with E-state index in [0.29, 0.717) is 5.69 Å². The second kappa shape index (κ2) is 11.0. The number of hydrogen-bond donors (Lipinski definition) is 1. The Kier molecular flexibility index (Phi) is 8.36. The molecule has 3 rings (SSSR count). The molecule has 0 radical (unpaired) electrons. The number of sulfonamides is 1. The molecular weight excluding hydrogens is 450 g/mol. The third-order valence-electron chi connectivity index (χ3n) is 6.53. The van der Waals surface area contributed by atoms with E-state index in [0.717, 1.165) is 52.9 Å². The minimum atomic E-state index is -3.73. The van der Waals surface area contributed by atoms with E-state index in [2.05, 4.69) is 5.32 Å². The first kappa shape index (κ1) is 25.7. The lowest BCUT2D eigenvalue weighted by Gasteiger charge is -2.32. The molecule has 1 aliphatic carbocycles. The number of carbonyl (C=O) groups is 2. The van der Waals surface area contributed by atoms with Crippen LogP contribution >= 0.6 is 0 Å².